The summed E-state index contributed by atoms with van der Waals surface area (Å²) in [6, 6.07) is 6.37. The average Bonchev–Trinajstić information content (AvgIpc) is 3.08. The number of nitrogens with one attached hydrogen (secondary N) is 1. The second kappa shape index (κ2) is 4.34. The normalized spacial score (nSPS) is 24.6. The van der Waals surface area contributed by atoms with Crippen molar-refractivity contribution in [3.05, 3.63) is 29.3 Å². The number of phenols is 1. The van der Waals surface area contributed by atoms with Gasteiger partial charge in [-0.15, -0.1) is 0 Å². The molecule has 2 aliphatic carbocycles. The Hall–Kier alpha value is -1.02. The lowest BCUT2D eigenvalue weighted by molar-refractivity contribution is 0.418. The maximum atomic E-state index is 9.80. The summed E-state index contributed by atoms with van der Waals surface area (Å²) in [6.45, 7) is 3.47. The zero-order valence-electron chi connectivity index (χ0n) is 10.4. The van der Waals surface area contributed by atoms with Crippen molar-refractivity contribution in [2.24, 2.45) is 11.8 Å². The number of phenolic OH excluding ortho intramolecular Hbond substituents is 1. The van der Waals surface area contributed by atoms with Gasteiger partial charge in [-0.25, -0.2) is 0 Å². The van der Waals surface area contributed by atoms with Crippen LogP contribution in [-0.4, -0.2) is 11.7 Å². The van der Waals surface area contributed by atoms with E-state index in [9.17, 15) is 5.11 Å². The molecule has 0 spiro atoms. The van der Waals surface area contributed by atoms with Gasteiger partial charge in [-0.1, -0.05) is 19.1 Å². The molecule has 0 amide bonds. The summed E-state index contributed by atoms with van der Waals surface area (Å²) in [4.78, 5) is 0. The van der Waals surface area contributed by atoms with Crippen LogP contribution in [0.1, 0.15) is 43.4 Å². The van der Waals surface area contributed by atoms with Crippen LogP contribution in [0.4, 0.5) is 0 Å². The van der Waals surface area contributed by atoms with Gasteiger partial charge in [-0.3, -0.25) is 0 Å². The minimum Gasteiger partial charge on any atom is -0.508 e. The lowest BCUT2D eigenvalue weighted by Crippen LogP contribution is -2.25. The second-order valence-corrected chi connectivity index (χ2v) is 5.66. The predicted octanol–water partition coefficient (Wildman–Crippen LogP) is 3.02. The molecule has 1 aromatic rings. The quantitative estimate of drug-likeness (QED) is 0.835. The fraction of sp³-hybridized carbons (Fsp3) is 0.600. The second-order valence-electron chi connectivity index (χ2n) is 5.66. The van der Waals surface area contributed by atoms with Crippen molar-refractivity contribution in [1.82, 2.24) is 5.32 Å². The fourth-order valence-electron chi connectivity index (χ4n) is 3.01. The van der Waals surface area contributed by atoms with E-state index in [-0.39, 0.29) is 0 Å². The number of benzene rings is 1. The Balaban J connectivity index is 1.65. The smallest absolute Gasteiger partial charge is 0.119 e. The highest BCUT2D eigenvalue weighted by Gasteiger charge is 2.29. The first-order chi connectivity index (χ1) is 8.25. The van der Waals surface area contributed by atoms with Crippen LogP contribution in [0, 0.1) is 11.8 Å². The summed E-state index contributed by atoms with van der Waals surface area (Å²) in [5, 5.41) is 13.5. The van der Waals surface area contributed by atoms with E-state index in [1.165, 1.54) is 18.4 Å². The molecule has 0 heterocycles. The Morgan fingerprint density at radius 3 is 2.94 bits per heavy atom. The van der Waals surface area contributed by atoms with Crippen LogP contribution in [0.5, 0.6) is 5.75 Å². The molecule has 0 saturated heterocycles. The molecule has 2 unspecified atom stereocenters. The lowest BCUT2D eigenvalue weighted by Gasteiger charge is -2.17. The molecule has 92 valence electrons. The van der Waals surface area contributed by atoms with Crippen molar-refractivity contribution in [3.8, 4) is 5.75 Å². The maximum absolute atomic E-state index is 9.80. The van der Waals surface area contributed by atoms with Gasteiger partial charge in [-0.2, -0.15) is 0 Å². The van der Waals surface area contributed by atoms with Crippen molar-refractivity contribution in [2.45, 2.75) is 38.6 Å². The van der Waals surface area contributed by atoms with Crippen LogP contribution >= 0.6 is 0 Å². The lowest BCUT2D eigenvalue weighted by atomic mass is 10.0. The van der Waals surface area contributed by atoms with Gasteiger partial charge in [0.1, 0.15) is 5.75 Å². The molecule has 3 rings (SSSR count). The zero-order valence-corrected chi connectivity index (χ0v) is 10.4. The summed E-state index contributed by atoms with van der Waals surface area (Å²) in [5.41, 5.74) is 2.47. The predicted molar refractivity (Wildman–Crippen MR) is 69.1 cm³/mol. The number of rotatable bonds is 4. The van der Waals surface area contributed by atoms with Crippen molar-refractivity contribution in [1.29, 1.82) is 0 Å². The van der Waals surface area contributed by atoms with Gasteiger partial charge >= 0.3 is 0 Å². The third-order valence-corrected chi connectivity index (χ3v) is 4.36. The van der Waals surface area contributed by atoms with E-state index >= 15 is 0 Å². The summed E-state index contributed by atoms with van der Waals surface area (Å²) in [7, 11) is 0. The molecule has 0 bridgehead atoms. The standard InChI is InChI=1S/C15H21NO/c1-10(11-5-6-11)9-16-14-8-7-13-12(14)3-2-4-15(13)17/h2-4,10-11,14,16-17H,5-9H2,1H3. The molecule has 2 heteroatoms. The van der Waals surface area contributed by atoms with E-state index in [0.717, 1.165) is 36.8 Å². The molecule has 2 N–H and O–H groups in total. The van der Waals surface area contributed by atoms with Gasteiger partial charge in [0.25, 0.3) is 0 Å². The van der Waals surface area contributed by atoms with E-state index in [2.05, 4.69) is 18.3 Å². The molecule has 0 radical (unpaired) electrons. The first-order valence-corrected chi connectivity index (χ1v) is 6.80. The minimum atomic E-state index is 0.457. The van der Waals surface area contributed by atoms with Crippen LogP contribution < -0.4 is 5.32 Å². The van der Waals surface area contributed by atoms with E-state index in [1.807, 2.05) is 6.07 Å². The molecule has 0 aliphatic heterocycles. The van der Waals surface area contributed by atoms with Crippen LogP contribution in [0.15, 0.2) is 18.2 Å². The van der Waals surface area contributed by atoms with Gasteiger partial charge in [0.2, 0.25) is 0 Å². The van der Waals surface area contributed by atoms with Gasteiger partial charge in [0.15, 0.2) is 0 Å². The zero-order chi connectivity index (χ0) is 11.8. The Kier molecular flexibility index (Phi) is 2.83. The first kappa shape index (κ1) is 11.1. The third-order valence-electron chi connectivity index (χ3n) is 4.36. The maximum Gasteiger partial charge on any atom is 0.119 e. The van der Waals surface area contributed by atoms with E-state index in [0.29, 0.717) is 11.8 Å². The summed E-state index contributed by atoms with van der Waals surface area (Å²) in [6.07, 6.45) is 4.98. The number of hydrogen-bond donors (Lipinski definition) is 2. The Labute approximate surface area is 103 Å². The minimum absolute atomic E-state index is 0.457. The monoisotopic (exact) mass is 231 g/mol. The molecular formula is C15H21NO. The summed E-state index contributed by atoms with van der Waals surface area (Å²) < 4.78 is 0. The Morgan fingerprint density at radius 2 is 2.18 bits per heavy atom. The van der Waals surface area contributed by atoms with Gasteiger partial charge in [0.05, 0.1) is 0 Å². The van der Waals surface area contributed by atoms with Gasteiger partial charge in [-0.05, 0) is 61.3 Å². The van der Waals surface area contributed by atoms with Crippen LogP contribution in [0.2, 0.25) is 0 Å². The summed E-state index contributed by atoms with van der Waals surface area (Å²) >= 11 is 0. The molecule has 17 heavy (non-hydrogen) atoms. The highest BCUT2D eigenvalue weighted by atomic mass is 16.3. The Bertz CT molecular complexity index is 411. The number of aromatic hydroxyl groups is 1. The SMILES string of the molecule is CC(CNC1CCc2c(O)cccc21)C1CC1. The van der Waals surface area contributed by atoms with E-state index in [1.54, 1.807) is 6.07 Å². The first-order valence-electron chi connectivity index (χ1n) is 6.80. The highest BCUT2D eigenvalue weighted by Crippen LogP contribution is 2.38. The highest BCUT2D eigenvalue weighted by molar-refractivity contribution is 5.44. The molecule has 2 nitrogen and oxygen atoms in total. The fourth-order valence-corrected chi connectivity index (χ4v) is 3.01. The topological polar surface area (TPSA) is 32.3 Å². The summed E-state index contributed by atoms with van der Waals surface area (Å²) in [5.74, 6) is 2.24. The van der Waals surface area contributed by atoms with Crippen molar-refractivity contribution in [3.63, 3.8) is 0 Å². The van der Waals surface area contributed by atoms with Crippen molar-refractivity contribution in [2.75, 3.05) is 6.54 Å². The van der Waals surface area contributed by atoms with Crippen LogP contribution in [0.3, 0.4) is 0 Å². The van der Waals surface area contributed by atoms with E-state index in [4.69, 9.17) is 0 Å². The van der Waals surface area contributed by atoms with E-state index < -0.39 is 0 Å². The van der Waals surface area contributed by atoms with Gasteiger partial charge in [0, 0.05) is 6.04 Å². The largest absolute Gasteiger partial charge is 0.508 e. The molecule has 2 aliphatic rings. The number of hydrogen-bond acceptors (Lipinski definition) is 2. The molecule has 1 saturated carbocycles. The molecule has 0 aromatic heterocycles. The van der Waals surface area contributed by atoms with Crippen molar-refractivity contribution < 1.29 is 5.11 Å². The van der Waals surface area contributed by atoms with Gasteiger partial charge < -0.3 is 10.4 Å². The molecule has 1 fully saturated rings. The van der Waals surface area contributed by atoms with Crippen LogP contribution in [0.25, 0.3) is 0 Å². The molecule has 1 aromatic carbocycles. The molecule has 2 atom stereocenters. The number of fused-ring (bicyclic) bond motifs is 1. The average molecular weight is 231 g/mol. The van der Waals surface area contributed by atoms with Crippen LogP contribution in [-0.2, 0) is 6.42 Å². The van der Waals surface area contributed by atoms with Crippen molar-refractivity contribution >= 4 is 0 Å². The third kappa shape index (κ3) is 2.19. The molecular weight excluding hydrogens is 210 g/mol. The Morgan fingerprint density at radius 1 is 1.35 bits per heavy atom.